The number of hydrogen-bond acceptors (Lipinski definition) is 4. The fourth-order valence-corrected chi connectivity index (χ4v) is 2.38. The molecule has 0 aliphatic carbocycles. The molecule has 0 saturated carbocycles. The summed E-state index contributed by atoms with van der Waals surface area (Å²) in [5, 5.41) is 2.84. The highest BCUT2D eigenvalue weighted by atomic mass is 19.3. The van der Waals surface area contributed by atoms with Gasteiger partial charge in [-0.3, -0.25) is 9.69 Å². The van der Waals surface area contributed by atoms with E-state index in [1.807, 2.05) is 4.90 Å². The molecule has 2 atom stereocenters. The van der Waals surface area contributed by atoms with E-state index in [2.05, 4.69) is 12.2 Å². The molecule has 1 heterocycles. The smallest absolute Gasteiger partial charge is 0.320 e. The van der Waals surface area contributed by atoms with Crippen LogP contribution in [0.4, 0.5) is 8.78 Å². The average molecular weight is 264 g/mol. The van der Waals surface area contributed by atoms with Gasteiger partial charge in [0.15, 0.2) is 0 Å². The molecule has 6 heteroatoms. The second-order valence-electron chi connectivity index (χ2n) is 4.84. The highest BCUT2D eigenvalue weighted by Crippen LogP contribution is 2.16. The Morgan fingerprint density at radius 1 is 1.50 bits per heavy atom. The summed E-state index contributed by atoms with van der Waals surface area (Å²) in [4.78, 5) is 13.4. The maximum atomic E-state index is 12.1. The third-order valence-electron chi connectivity index (χ3n) is 2.95. The lowest BCUT2D eigenvalue weighted by atomic mass is 9.96. The Hall–Kier alpha value is -0.750. The Bertz CT molecular complexity index is 264. The summed E-state index contributed by atoms with van der Waals surface area (Å²) in [5.41, 5.74) is 0. The molecule has 0 radical (unpaired) electrons. The molecule has 1 aliphatic heterocycles. The first-order chi connectivity index (χ1) is 8.51. The number of rotatable bonds is 6. The minimum atomic E-state index is -2.33. The molecule has 0 amide bonds. The molecule has 1 N–H and O–H groups in total. The zero-order chi connectivity index (χ0) is 13.5. The Morgan fingerprint density at radius 2 is 2.22 bits per heavy atom. The van der Waals surface area contributed by atoms with Crippen LogP contribution in [-0.2, 0) is 9.53 Å². The number of nitrogens with zero attached hydrogens (tertiary/aromatic N) is 1. The highest BCUT2D eigenvalue weighted by Gasteiger charge is 2.26. The van der Waals surface area contributed by atoms with Crippen LogP contribution in [0.2, 0.25) is 0 Å². The molecular weight excluding hydrogens is 242 g/mol. The summed E-state index contributed by atoms with van der Waals surface area (Å²) in [6.07, 6.45) is -1.47. The summed E-state index contributed by atoms with van der Waals surface area (Å²) in [6.45, 7) is 5.59. The first-order valence-corrected chi connectivity index (χ1v) is 6.40. The first-order valence-electron chi connectivity index (χ1n) is 6.40. The van der Waals surface area contributed by atoms with Crippen LogP contribution < -0.4 is 5.32 Å². The minimum Gasteiger partial charge on any atom is -0.465 e. The minimum absolute atomic E-state index is 0.0252. The molecule has 18 heavy (non-hydrogen) atoms. The number of hydrogen-bond donors (Lipinski definition) is 1. The SMILES string of the molecule is CCOC(=O)CN1CC(C)CC(NCC(F)F)C1. The molecule has 0 aromatic carbocycles. The Kier molecular flexibility index (Phi) is 6.49. The van der Waals surface area contributed by atoms with Gasteiger partial charge in [-0.05, 0) is 19.3 Å². The maximum absolute atomic E-state index is 12.1. The van der Waals surface area contributed by atoms with E-state index < -0.39 is 6.43 Å². The number of likely N-dealkylation sites (tertiary alicyclic amines) is 1. The number of nitrogens with one attached hydrogen (secondary N) is 1. The molecule has 1 saturated heterocycles. The summed E-state index contributed by atoms with van der Waals surface area (Å²) >= 11 is 0. The molecule has 0 aromatic rings. The van der Waals surface area contributed by atoms with Crippen molar-refractivity contribution in [2.45, 2.75) is 32.7 Å². The van der Waals surface area contributed by atoms with Crippen LogP contribution in [0.25, 0.3) is 0 Å². The fraction of sp³-hybridized carbons (Fsp3) is 0.917. The van der Waals surface area contributed by atoms with Crippen LogP contribution in [0.15, 0.2) is 0 Å². The molecule has 0 spiro atoms. The molecular formula is C12H22F2N2O2. The van der Waals surface area contributed by atoms with Crippen LogP contribution in [-0.4, -0.2) is 56.1 Å². The predicted octanol–water partition coefficient (Wildman–Crippen LogP) is 1.11. The summed E-state index contributed by atoms with van der Waals surface area (Å²) in [7, 11) is 0. The molecule has 1 aliphatic rings. The number of carbonyl (C=O) groups excluding carboxylic acids is 1. The van der Waals surface area contributed by atoms with Gasteiger partial charge in [-0.15, -0.1) is 0 Å². The van der Waals surface area contributed by atoms with Gasteiger partial charge in [0.1, 0.15) is 0 Å². The normalized spacial score (nSPS) is 25.4. The topological polar surface area (TPSA) is 41.6 Å². The lowest BCUT2D eigenvalue weighted by Gasteiger charge is -2.36. The van der Waals surface area contributed by atoms with Gasteiger partial charge in [0.05, 0.1) is 19.7 Å². The maximum Gasteiger partial charge on any atom is 0.320 e. The van der Waals surface area contributed by atoms with Crippen LogP contribution in [0.5, 0.6) is 0 Å². The first kappa shape index (κ1) is 15.3. The van der Waals surface area contributed by atoms with Gasteiger partial charge in [-0.1, -0.05) is 6.92 Å². The van der Waals surface area contributed by atoms with Crippen molar-refractivity contribution in [3.8, 4) is 0 Å². The number of esters is 1. The van der Waals surface area contributed by atoms with Crippen molar-refractivity contribution in [2.75, 3.05) is 32.8 Å². The van der Waals surface area contributed by atoms with Crippen LogP contribution >= 0.6 is 0 Å². The Labute approximate surface area is 107 Å². The highest BCUT2D eigenvalue weighted by molar-refractivity contribution is 5.71. The van der Waals surface area contributed by atoms with Crippen molar-refractivity contribution in [1.82, 2.24) is 10.2 Å². The summed E-state index contributed by atoms with van der Waals surface area (Å²) in [5.74, 6) is 0.141. The van der Waals surface area contributed by atoms with Gasteiger partial charge >= 0.3 is 5.97 Å². The lowest BCUT2D eigenvalue weighted by molar-refractivity contribution is -0.145. The van der Waals surface area contributed by atoms with Crippen molar-refractivity contribution < 1.29 is 18.3 Å². The van der Waals surface area contributed by atoms with Crippen molar-refractivity contribution in [3.05, 3.63) is 0 Å². The molecule has 2 unspecified atom stereocenters. The van der Waals surface area contributed by atoms with Crippen LogP contribution in [0.3, 0.4) is 0 Å². The zero-order valence-electron chi connectivity index (χ0n) is 11.0. The Morgan fingerprint density at radius 3 is 2.83 bits per heavy atom. The largest absolute Gasteiger partial charge is 0.465 e. The second kappa shape index (κ2) is 7.63. The van der Waals surface area contributed by atoms with Gasteiger partial charge < -0.3 is 10.1 Å². The van der Waals surface area contributed by atoms with E-state index in [4.69, 9.17) is 4.74 Å². The van der Waals surface area contributed by atoms with Crippen LogP contribution in [0.1, 0.15) is 20.3 Å². The van der Waals surface area contributed by atoms with E-state index in [9.17, 15) is 13.6 Å². The third kappa shape index (κ3) is 5.73. The van der Waals surface area contributed by atoms with Crippen molar-refractivity contribution >= 4 is 5.97 Å². The summed E-state index contributed by atoms with van der Waals surface area (Å²) < 4.78 is 29.2. The number of halogens is 2. The van der Waals surface area contributed by atoms with E-state index in [-0.39, 0.29) is 25.1 Å². The van der Waals surface area contributed by atoms with Gasteiger partial charge in [0, 0.05) is 19.1 Å². The number of alkyl halides is 2. The summed E-state index contributed by atoms with van der Waals surface area (Å²) in [6, 6.07) is 0.0252. The number of piperidine rings is 1. The van der Waals surface area contributed by atoms with E-state index in [1.165, 1.54) is 0 Å². The zero-order valence-corrected chi connectivity index (χ0v) is 11.0. The third-order valence-corrected chi connectivity index (χ3v) is 2.95. The average Bonchev–Trinajstić information content (AvgIpc) is 2.25. The van der Waals surface area contributed by atoms with Gasteiger partial charge in [0.2, 0.25) is 0 Å². The second-order valence-corrected chi connectivity index (χ2v) is 4.84. The molecule has 4 nitrogen and oxygen atoms in total. The number of carbonyl (C=O) groups is 1. The molecule has 106 valence electrons. The van der Waals surface area contributed by atoms with E-state index >= 15 is 0 Å². The molecule has 0 bridgehead atoms. The van der Waals surface area contributed by atoms with Gasteiger partial charge in [-0.25, -0.2) is 8.78 Å². The standard InChI is InChI=1S/C12H22F2N2O2/c1-3-18-12(17)8-16-6-9(2)4-10(7-16)15-5-11(13)14/h9-11,15H,3-8H2,1-2H3. The lowest BCUT2D eigenvalue weighted by Crippen LogP contribution is -2.51. The fourth-order valence-electron chi connectivity index (χ4n) is 2.38. The van der Waals surface area contributed by atoms with Crippen molar-refractivity contribution in [2.24, 2.45) is 5.92 Å². The van der Waals surface area contributed by atoms with Crippen LogP contribution in [0, 0.1) is 5.92 Å². The van der Waals surface area contributed by atoms with E-state index in [0.29, 0.717) is 19.1 Å². The molecule has 1 rings (SSSR count). The molecule has 1 fully saturated rings. The monoisotopic (exact) mass is 264 g/mol. The Balaban J connectivity index is 2.37. The van der Waals surface area contributed by atoms with Crippen molar-refractivity contribution in [1.29, 1.82) is 0 Å². The molecule has 0 aromatic heterocycles. The van der Waals surface area contributed by atoms with E-state index in [0.717, 1.165) is 13.0 Å². The predicted molar refractivity (Wildman–Crippen MR) is 64.6 cm³/mol. The number of ether oxygens (including phenoxy) is 1. The van der Waals surface area contributed by atoms with Gasteiger partial charge in [0.25, 0.3) is 6.43 Å². The van der Waals surface area contributed by atoms with Gasteiger partial charge in [-0.2, -0.15) is 0 Å². The van der Waals surface area contributed by atoms with Crippen molar-refractivity contribution in [3.63, 3.8) is 0 Å². The quantitative estimate of drug-likeness (QED) is 0.730. The van der Waals surface area contributed by atoms with E-state index in [1.54, 1.807) is 6.92 Å².